The molecule has 2 atom stereocenters. The van der Waals surface area contributed by atoms with Crippen molar-refractivity contribution in [1.82, 2.24) is 0 Å². The van der Waals surface area contributed by atoms with Crippen molar-refractivity contribution >= 4 is 11.5 Å². The number of hydrogen-bond acceptors (Lipinski definition) is 3. The average Bonchev–Trinajstić information content (AvgIpc) is 2.78. The van der Waals surface area contributed by atoms with Crippen molar-refractivity contribution in [3.8, 4) is 0 Å². The smallest absolute Gasteiger partial charge is 0.124 e. The van der Waals surface area contributed by atoms with Crippen LogP contribution in [0.4, 0.5) is 5.69 Å². The molecule has 0 bridgehead atoms. The molecule has 1 aliphatic heterocycles. The van der Waals surface area contributed by atoms with Crippen LogP contribution in [-0.2, 0) is 0 Å². The number of aliphatic hydroxyl groups is 1. The molecule has 1 fully saturated rings. The summed E-state index contributed by atoms with van der Waals surface area (Å²) in [6.07, 6.45) is 0.716. The van der Waals surface area contributed by atoms with Gasteiger partial charge in [-0.3, -0.25) is 5.41 Å². The number of para-hydroxylation sites is 1. The molecule has 0 amide bonds. The summed E-state index contributed by atoms with van der Waals surface area (Å²) in [7, 11) is 0. The van der Waals surface area contributed by atoms with Gasteiger partial charge in [-0.2, -0.15) is 0 Å². The second kappa shape index (κ2) is 4.75. The van der Waals surface area contributed by atoms with Gasteiger partial charge < -0.3 is 15.7 Å². The lowest BCUT2D eigenvalue weighted by Gasteiger charge is -2.22. The van der Waals surface area contributed by atoms with Crippen molar-refractivity contribution in [2.24, 2.45) is 11.7 Å². The van der Waals surface area contributed by atoms with E-state index in [4.69, 9.17) is 11.1 Å². The lowest BCUT2D eigenvalue weighted by molar-refractivity contribution is 0.136. The number of benzene rings is 1. The lowest BCUT2D eigenvalue weighted by Crippen LogP contribution is -2.26. The van der Waals surface area contributed by atoms with E-state index >= 15 is 0 Å². The zero-order chi connectivity index (χ0) is 12.4. The summed E-state index contributed by atoms with van der Waals surface area (Å²) < 4.78 is 0. The Bertz CT molecular complexity index is 417. The average molecular weight is 233 g/mol. The van der Waals surface area contributed by atoms with Gasteiger partial charge in [0.2, 0.25) is 0 Å². The maximum absolute atomic E-state index is 9.60. The van der Waals surface area contributed by atoms with E-state index in [2.05, 4.69) is 4.90 Å². The molecule has 2 unspecified atom stereocenters. The summed E-state index contributed by atoms with van der Waals surface area (Å²) in [5.74, 6) is 0.413. The zero-order valence-electron chi connectivity index (χ0n) is 10.1. The first kappa shape index (κ1) is 11.9. The Hall–Kier alpha value is -1.55. The molecule has 1 saturated heterocycles. The second-order valence-electron chi connectivity index (χ2n) is 4.67. The van der Waals surface area contributed by atoms with E-state index < -0.39 is 0 Å². The fourth-order valence-electron chi connectivity index (χ4n) is 2.38. The molecular weight excluding hydrogens is 214 g/mol. The quantitative estimate of drug-likeness (QED) is 0.542. The molecule has 0 aromatic heterocycles. The van der Waals surface area contributed by atoms with Crippen LogP contribution in [0.1, 0.15) is 18.9 Å². The topological polar surface area (TPSA) is 73.3 Å². The number of nitrogens with one attached hydrogen (secondary N) is 1. The molecule has 0 radical (unpaired) electrons. The Morgan fingerprint density at radius 3 is 2.82 bits per heavy atom. The van der Waals surface area contributed by atoms with Crippen LogP contribution in [0.3, 0.4) is 0 Å². The second-order valence-corrected chi connectivity index (χ2v) is 4.67. The molecule has 2 rings (SSSR count). The Morgan fingerprint density at radius 2 is 2.24 bits per heavy atom. The van der Waals surface area contributed by atoms with Crippen LogP contribution in [0.5, 0.6) is 0 Å². The Balaban J connectivity index is 2.21. The van der Waals surface area contributed by atoms with Crippen LogP contribution >= 0.6 is 0 Å². The normalized spacial score (nSPS) is 21.5. The fraction of sp³-hybridized carbons (Fsp3) is 0.462. The van der Waals surface area contributed by atoms with E-state index in [-0.39, 0.29) is 11.9 Å². The summed E-state index contributed by atoms with van der Waals surface area (Å²) in [5.41, 5.74) is 7.36. The highest BCUT2D eigenvalue weighted by Crippen LogP contribution is 2.28. The van der Waals surface area contributed by atoms with Crippen LogP contribution in [0.2, 0.25) is 0 Å². The van der Waals surface area contributed by atoms with Crippen molar-refractivity contribution < 1.29 is 5.11 Å². The number of nitrogens with zero attached hydrogens (tertiary/aromatic N) is 1. The summed E-state index contributed by atoms with van der Waals surface area (Å²) in [6.45, 7) is 3.59. The van der Waals surface area contributed by atoms with Crippen molar-refractivity contribution in [3.63, 3.8) is 0 Å². The van der Waals surface area contributed by atoms with E-state index in [1.54, 1.807) is 0 Å². The number of rotatable bonds is 3. The van der Waals surface area contributed by atoms with Crippen molar-refractivity contribution in [3.05, 3.63) is 29.8 Å². The molecule has 1 aliphatic rings. The van der Waals surface area contributed by atoms with Crippen LogP contribution in [0.25, 0.3) is 0 Å². The van der Waals surface area contributed by atoms with E-state index in [9.17, 15) is 5.11 Å². The van der Waals surface area contributed by atoms with Gasteiger partial charge in [0.1, 0.15) is 5.84 Å². The Kier molecular flexibility index (Phi) is 3.33. The van der Waals surface area contributed by atoms with E-state index in [1.807, 2.05) is 31.2 Å². The highest BCUT2D eigenvalue weighted by Gasteiger charge is 2.27. The number of aliphatic hydroxyl groups excluding tert-OH is 1. The van der Waals surface area contributed by atoms with Crippen LogP contribution < -0.4 is 10.6 Å². The van der Waals surface area contributed by atoms with E-state index in [0.29, 0.717) is 5.92 Å². The van der Waals surface area contributed by atoms with Crippen molar-refractivity contribution in [2.45, 2.75) is 19.4 Å². The van der Waals surface area contributed by atoms with Gasteiger partial charge in [-0.05, 0) is 25.5 Å². The molecule has 1 aromatic rings. The molecule has 1 aromatic carbocycles. The molecule has 0 aliphatic carbocycles. The van der Waals surface area contributed by atoms with E-state index in [1.165, 1.54) is 0 Å². The van der Waals surface area contributed by atoms with Gasteiger partial charge in [-0.25, -0.2) is 0 Å². The van der Waals surface area contributed by atoms with E-state index in [0.717, 1.165) is 30.8 Å². The third-order valence-electron chi connectivity index (χ3n) is 3.44. The molecule has 17 heavy (non-hydrogen) atoms. The predicted octanol–water partition coefficient (Wildman–Crippen LogP) is 1.18. The summed E-state index contributed by atoms with van der Waals surface area (Å²) in [5, 5.41) is 17.2. The summed E-state index contributed by atoms with van der Waals surface area (Å²) in [4.78, 5) is 2.20. The van der Waals surface area contributed by atoms with Gasteiger partial charge in [-0.1, -0.05) is 12.1 Å². The minimum Gasteiger partial charge on any atom is -0.393 e. The van der Waals surface area contributed by atoms with Crippen LogP contribution in [0.15, 0.2) is 24.3 Å². The molecule has 1 heterocycles. The van der Waals surface area contributed by atoms with Gasteiger partial charge in [0, 0.05) is 30.3 Å². The number of nitrogens with two attached hydrogens (primary N) is 1. The third kappa shape index (κ3) is 2.42. The maximum atomic E-state index is 9.60. The summed E-state index contributed by atoms with van der Waals surface area (Å²) >= 11 is 0. The molecule has 4 heteroatoms. The van der Waals surface area contributed by atoms with Crippen LogP contribution in [-0.4, -0.2) is 30.1 Å². The van der Waals surface area contributed by atoms with Gasteiger partial charge in [-0.15, -0.1) is 0 Å². The summed E-state index contributed by atoms with van der Waals surface area (Å²) in [6, 6.07) is 7.70. The first-order valence-corrected chi connectivity index (χ1v) is 5.96. The molecule has 4 nitrogen and oxygen atoms in total. The highest BCUT2D eigenvalue weighted by atomic mass is 16.3. The third-order valence-corrected chi connectivity index (χ3v) is 3.44. The minimum absolute atomic E-state index is 0.0982. The SMILES string of the molecule is CC(O)C1CCN(c2ccccc2C(=N)N)C1. The van der Waals surface area contributed by atoms with Gasteiger partial charge in [0.05, 0.1) is 6.10 Å². The van der Waals surface area contributed by atoms with Gasteiger partial charge in [0.25, 0.3) is 0 Å². The lowest BCUT2D eigenvalue weighted by atomic mass is 10.0. The fourth-order valence-corrected chi connectivity index (χ4v) is 2.38. The van der Waals surface area contributed by atoms with Gasteiger partial charge in [0.15, 0.2) is 0 Å². The zero-order valence-corrected chi connectivity index (χ0v) is 10.1. The van der Waals surface area contributed by atoms with Crippen molar-refractivity contribution in [1.29, 1.82) is 5.41 Å². The Morgan fingerprint density at radius 1 is 1.53 bits per heavy atom. The first-order chi connectivity index (χ1) is 8.09. The monoisotopic (exact) mass is 233 g/mol. The molecule has 0 saturated carbocycles. The number of nitrogen functional groups attached to an aromatic ring is 1. The number of hydrogen-bond donors (Lipinski definition) is 3. The maximum Gasteiger partial charge on any atom is 0.124 e. The number of amidine groups is 1. The Labute approximate surface area is 102 Å². The molecular formula is C13H19N3O. The van der Waals surface area contributed by atoms with Gasteiger partial charge >= 0.3 is 0 Å². The largest absolute Gasteiger partial charge is 0.393 e. The molecule has 92 valence electrons. The molecule has 0 spiro atoms. The first-order valence-electron chi connectivity index (χ1n) is 5.96. The van der Waals surface area contributed by atoms with Crippen molar-refractivity contribution in [2.75, 3.05) is 18.0 Å². The molecule has 4 N–H and O–H groups in total. The predicted molar refractivity (Wildman–Crippen MR) is 69.5 cm³/mol. The highest BCUT2D eigenvalue weighted by molar-refractivity contribution is 6.00. The standard InChI is InChI=1S/C13H19N3O/c1-9(17)10-6-7-16(8-10)12-5-3-2-4-11(12)13(14)15/h2-5,9-10,17H,6-8H2,1H3,(H3,14,15). The minimum atomic E-state index is -0.274. The number of anilines is 1. The van der Waals surface area contributed by atoms with Crippen LogP contribution in [0, 0.1) is 11.3 Å².